The average Bonchev–Trinajstić information content (AvgIpc) is 3.14. The highest BCUT2D eigenvalue weighted by atomic mass is 35.5. The summed E-state index contributed by atoms with van der Waals surface area (Å²) in [6.45, 7) is 2.63. The van der Waals surface area contributed by atoms with Crippen molar-refractivity contribution in [2.24, 2.45) is 0 Å². The molecular formula is C20H21ClN2O4S. The summed E-state index contributed by atoms with van der Waals surface area (Å²) >= 11 is 5.88. The molecule has 2 aromatic carbocycles. The van der Waals surface area contributed by atoms with Crippen LogP contribution in [0.15, 0.2) is 62.9 Å². The van der Waals surface area contributed by atoms with Crippen LogP contribution in [0.3, 0.4) is 0 Å². The van der Waals surface area contributed by atoms with Crippen LogP contribution in [0.2, 0.25) is 5.02 Å². The molecule has 0 atom stereocenters. The third-order valence-electron chi connectivity index (χ3n) is 4.13. The first-order chi connectivity index (χ1) is 13.5. The number of nitrogens with zero attached hydrogens (tertiary/aromatic N) is 1. The summed E-state index contributed by atoms with van der Waals surface area (Å²) in [6, 6.07) is 13.0. The fraction of sp³-hybridized carbons (Fsp3) is 0.250. The van der Waals surface area contributed by atoms with Gasteiger partial charge in [0.05, 0.1) is 12.0 Å². The largest absolute Gasteiger partial charge is 0.497 e. The van der Waals surface area contributed by atoms with Crippen molar-refractivity contribution in [3.8, 4) is 17.2 Å². The minimum atomic E-state index is -3.87. The van der Waals surface area contributed by atoms with Crippen LogP contribution in [0.1, 0.15) is 19.8 Å². The molecule has 28 heavy (non-hydrogen) atoms. The second kappa shape index (κ2) is 8.67. The van der Waals surface area contributed by atoms with Gasteiger partial charge in [0.1, 0.15) is 5.75 Å². The van der Waals surface area contributed by atoms with Crippen molar-refractivity contribution in [3.63, 3.8) is 0 Å². The molecule has 0 unspecified atom stereocenters. The van der Waals surface area contributed by atoms with Gasteiger partial charge in [0.2, 0.25) is 26.6 Å². The van der Waals surface area contributed by atoms with E-state index in [0.29, 0.717) is 22.9 Å². The second-order valence-electron chi connectivity index (χ2n) is 6.12. The van der Waals surface area contributed by atoms with Crippen molar-refractivity contribution >= 4 is 27.3 Å². The van der Waals surface area contributed by atoms with Gasteiger partial charge in [-0.05, 0) is 55.0 Å². The molecule has 0 aliphatic carbocycles. The number of nitrogens with one attached hydrogen (secondary N) is 1. The van der Waals surface area contributed by atoms with Gasteiger partial charge in [0.15, 0.2) is 0 Å². The molecule has 0 amide bonds. The van der Waals surface area contributed by atoms with E-state index in [4.69, 9.17) is 20.8 Å². The standard InChI is InChI=1S/C20H21ClN2O4S/c1-3-4-13-22-19-20(28(24,25)17-11-7-15(21)8-12-17)23-18(27-19)14-5-9-16(26-2)10-6-14/h5-12,22H,3-4,13H2,1-2H3. The smallest absolute Gasteiger partial charge is 0.233 e. The van der Waals surface area contributed by atoms with Crippen LogP contribution in [-0.4, -0.2) is 27.1 Å². The van der Waals surface area contributed by atoms with Crippen LogP contribution in [0.25, 0.3) is 11.5 Å². The number of aromatic nitrogens is 1. The molecule has 0 bridgehead atoms. The molecule has 0 saturated carbocycles. The summed E-state index contributed by atoms with van der Waals surface area (Å²) < 4.78 is 37.2. The number of hydrogen-bond acceptors (Lipinski definition) is 6. The van der Waals surface area contributed by atoms with Gasteiger partial charge in [-0.2, -0.15) is 4.98 Å². The monoisotopic (exact) mass is 420 g/mol. The number of oxazole rings is 1. The molecule has 148 valence electrons. The van der Waals surface area contributed by atoms with Gasteiger partial charge >= 0.3 is 0 Å². The van der Waals surface area contributed by atoms with E-state index in [1.807, 2.05) is 0 Å². The fourth-order valence-electron chi connectivity index (χ4n) is 2.56. The Labute approximate surface area is 169 Å². The highest BCUT2D eigenvalue weighted by Gasteiger charge is 2.28. The van der Waals surface area contributed by atoms with Crippen molar-refractivity contribution in [1.82, 2.24) is 4.98 Å². The Balaban J connectivity index is 2.04. The van der Waals surface area contributed by atoms with Crippen molar-refractivity contribution in [2.45, 2.75) is 29.7 Å². The molecule has 6 nitrogen and oxygen atoms in total. The van der Waals surface area contributed by atoms with Crippen LogP contribution < -0.4 is 10.1 Å². The van der Waals surface area contributed by atoms with E-state index < -0.39 is 9.84 Å². The number of halogens is 1. The Kier molecular flexibility index (Phi) is 6.26. The Morgan fingerprint density at radius 1 is 1.11 bits per heavy atom. The first kappa shape index (κ1) is 20.2. The number of unbranched alkanes of at least 4 members (excludes halogenated alkanes) is 1. The zero-order valence-electron chi connectivity index (χ0n) is 15.6. The Morgan fingerprint density at radius 2 is 1.79 bits per heavy atom. The summed E-state index contributed by atoms with van der Waals surface area (Å²) in [5, 5.41) is 3.37. The van der Waals surface area contributed by atoms with E-state index in [1.54, 1.807) is 31.4 Å². The third kappa shape index (κ3) is 4.31. The number of benzene rings is 2. The minimum Gasteiger partial charge on any atom is -0.497 e. The van der Waals surface area contributed by atoms with E-state index in [0.717, 1.165) is 12.8 Å². The third-order valence-corrected chi connectivity index (χ3v) is 6.06. The lowest BCUT2D eigenvalue weighted by Gasteiger charge is -2.05. The zero-order valence-corrected chi connectivity index (χ0v) is 17.2. The number of ether oxygens (including phenoxy) is 1. The average molecular weight is 421 g/mol. The van der Waals surface area contributed by atoms with Gasteiger partial charge in [0, 0.05) is 17.1 Å². The van der Waals surface area contributed by atoms with Crippen molar-refractivity contribution in [3.05, 3.63) is 53.6 Å². The summed E-state index contributed by atoms with van der Waals surface area (Å²) in [5.41, 5.74) is 0.650. The molecule has 0 aliphatic rings. The number of sulfone groups is 1. The van der Waals surface area contributed by atoms with E-state index in [-0.39, 0.29) is 21.7 Å². The summed E-state index contributed by atoms with van der Waals surface area (Å²) in [5.74, 6) is 1.04. The lowest BCUT2D eigenvalue weighted by atomic mass is 10.2. The Morgan fingerprint density at radius 3 is 2.39 bits per heavy atom. The number of methoxy groups -OCH3 is 1. The van der Waals surface area contributed by atoms with E-state index in [1.165, 1.54) is 24.3 Å². The lowest BCUT2D eigenvalue weighted by molar-refractivity contribution is 0.415. The van der Waals surface area contributed by atoms with Crippen molar-refractivity contribution in [1.29, 1.82) is 0 Å². The highest BCUT2D eigenvalue weighted by molar-refractivity contribution is 7.91. The molecule has 3 aromatic rings. The molecule has 1 heterocycles. The van der Waals surface area contributed by atoms with E-state index in [2.05, 4.69) is 17.2 Å². The first-order valence-electron chi connectivity index (χ1n) is 8.85. The van der Waals surface area contributed by atoms with Crippen molar-refractivity contribution in [2.75, 3.05) is 19.0 Å². The van der Waals surface area contributed by atoms with Crippen LogP contribution >= 0.6 is 11.6 Å². The SMILES string of the molecule is CCCCNc1oc(-c2ccc(OC)cc2)nc1S(=O)(=O)c1ccc(Cl)cc1. The Bertz CT molecular complexity index is 1030. The van der Waals surface area contributed by atoms with Gasteiger partial charge in [-0.15, -0.1) is 0 Å². The van der Waals surface area contributed by atoms with E-state index >= 15 is 0 Å². The van der Waals surface area contributed by atoms with Gasteiger partial charge in [-0.3, -0.25) is 0 Å². The number of hydrogen-bond donors (Lipinski definition) is 1. The molecule has 0 saturated heterocycles. The predicted octanol–water partition coefficient (Wildman–Crippen LogP) is 5.05. The van der Waals surface area contributed by atoms with Gasteiger partial charge in [-0.1, -0.05) is 24.9 Å². The van der Waals surface area contributed by atoms with Gasteiger partial charge in [0.25, 0.3) is 0 Å². The highest BCUT2D eigenvalue weighted by Crippen LogP contribution is 2.33. The van der Waals surface area contributed by atoms with Crippen LogP contribution in [0.4, 0.5) is 5.88 Å². The molecule has 3 rings (SSSR count). The maximum Gasteiger partial charge on any atom is 0.233 e. The second-order valence-corrected chi connectivity index (χ2v) is 8.42. The molecular weight excluding hydrogens is 400 g/mol. The van der Waals surface area contributed by atoms with E-state index in [9.17, 15) is 8.42 Å². The first-order valence-corrected chi connectivity index (χ1v) is 10.7. The molecule has 0 radical (unpaired) electrons. The summed E-state index contributed by atoms with van der Waals surface area (Å²) in [4.78, 5) is 4.40. The van der Waals surface area contributed by atoms with Crippen molar-refractivity contribution < 1.29 is 17.6 Å². The zero-order chi connectivity index (χ0) is 20.1. The van der Waals surface area contributed by atoms with Crippen LogP contribution in [0.5, 0.6) is 5.75 Å². The maximum atomic E-state index is 13.1. The summed E-state index contributed by atoms with van der Waals surface area (Å²) in [6.07, 6.45) is 1.84. The van der Waals surface area contributed by atoms with Crippen LogP contribution in [-0.2, 0) is 9.84 Å². The molecule has 8 heteroatoms. The normalized spacial score (nSPS) is 11.4. The summed E-state index contributed by atoms with van der Waals surface area (Å²) in [7, 11) is -2.30. The molecule has 1 N–H and O–H groups in total. The Hall–Kier alpha value is -2.51. The quantitative estimate of drug-likeness (QED) is 0.513. The number of rotatable bonds is 8. The molecule has 0 fully saturated rings. The lowest BCUT2D eigenvalue weighted by Crippen LogP contribution is -2.08. The predicted molar refractivity (Wildman–Crippen MR) is 109 cm³/mol. The minimum absolute atomic E-state index is 0.102. The maximum absolute atomic E-state index is 13.1. The molecule has 1 aromatic heterocycles. The fourth-order valence-corrected chi connectivity index (χ4v) is 3.97. The van der Waals surface area contributed by atoms with Crippen LogP contribution in [0, 0.1) is 0 Å². The molecule has 0 spiro atoms. The molecule has 0 aliphatic heterocycles. The topological polar surface area (TPSA) is 81.4 Å². The number of anilines is 1. The van der Waals surface area contributed by atoms with Gasteiger partial charge in [-0.25, -0.2) is 8.42 Å². The van der Waals surface area contributed by atoms with Gasteiger partial charge < -0.3 is 14.5 Å².